The van der Waals surface area contributed by atoms with Crippen molar-refractivity contribution in [3.8, 4) is 0 Å². The minimum atomic E-state index is -0.409. The van der Waals surface area contributed by atoms with Gasteiger partial charge in [-0.05, 0) is 36.5 Å². The normalized spacial score (nSPS) is 19.0. The van der Waals surface area contributed by atoms with Crippen molar-refractivity contribution in [1.82, 2.24) is 10.2 Å². The van der Waals surface area contributed by atoms with Gasteiger partial charge in [-0.2, -0.15) is 0 Å². The molecule has 0 spiro atoms. The van der Waals surface area contributed by atoms with Crippen LogP contribution in [0.3, 0.4) is 0 Å². The highest BCUT2D eigenvalue weighted by Gasteiger charge is 2.33. The molecule has 0 aromatic heterocycles. The Kier molecular flexibility index (Phi) is 7.06. The lowest BCUT2D eigenvalue weighted by atomic mass is 9.80. The van der Waals surface area contributed by atoms with Crippen LogP contribution in [0.25, 0.3) is 0 Å². The minimum absolute atomic E-state index is 0. The van der Waals surface area contributed by atoms with E-state index in [-0.39, 0.29) is 44.7 Å². The predicted octanol–water partition coefficient (Wildman–Crippen LogP) is 2.97. The van der Waals surface area contributed by atoms with Gasteiger partial charge in [0.25, 0.3) is 5.91 Å². The second-order valence-electron chi connectivity index (χ2n) is 8.73. The van der Waals surface area contributed by atoms with Crippen LogP contribution in [0.15, 0.2) is 24.3 Å². The second kappa shape index (κ2) is 9.53. The molecule has 1 atom stereocenters. The number of nitrogens with zero attached hydrogens (tertiary/aromatic N) is 1. The van der Waals surface area contributed by atoms with Crippen molar-refractivity contribution in [3.05, 3.63) is 35.4 Å². The number of hydrogen-bond donors (Lipinski definition) is 2. The summed E-state index contributed by atoms with van der Waals surface area (Å²) in [5.41, 5.74) is 7.03. The van der Waals surface area contributed by atoms with E-state index >= 15 is 0 Å². The molecule has 6 heteroatoms. The van der Waals surface area contributed by atoms with Crippen molar-refractivity contribution in [2.75, 3.05) is 19.6 Å². The fraction of sp³-hybridized carbons (Fsp3) is 0.609. The third kappa shape index (κ3) is 5.04. The van der Waals surface area contributed by atoms with Crippen molar-refractivity contribution < 1.29 is 17.2 Å². The standard InChI is InChI=1S/C23H33N3O3.2H2/c1-15(2)22(28)21(16-7-4-3-5-8-16)25-23(29)18-10-6-9-17(11-18)19-13-26(14-19)20(27)12-24;;/h6,9-11,15-16,19,21H,3-5,7-8,12-14,24H2,1-2H3,(H,25,29);2*1H/t21-;;/m1../s1. The number of hydrogen-bond acceptors (Lipinski definition) is 4. The SMILES string of the molecule is CC(C)C(=O)[C@H](NC(=O)c1cccc(C2CN(C(=O)CN)C2)c1)C1CCCCC1.[HH].[HH]. The van der Waals surface area contributed by atoms with Crippen molar-refractivity contribution >= 4 is 17.6 Å². The molecule has 1 aromatic rings. The predicted molar refractivity (Wildman–Crippen MR) is 117 cm³/mol. The molecule has 1 aliphatic carbocycles. The maximum Gasteiger partial charge on any atom is 0.251 e. The Morgan fingerprint density at radius 2 is 1.86 bits per heavy atom. The van der Waals surface area contributed by atoms with E-state index in [2.05, 4.69) is 5.32 Å². The van der Waals surface area contributed by atoms with Crippen LogP contribution < -0.4 is 11.1 Å². The topological polar surface area (TPSA) is 92.5 Å². The van der Waals surface area contributed by atoms with Crippen LogP contribution in [0.2, 0.25) is 0 Å². The highest BCUT2D eigenvalue weighted by molar-refractivity contribution is 5.98. The number of amides is 2. The lowest BCUT2D eigenvalue weighted by Crippen LogP contribution is -2.50. The van der Waals surface area contributed by atoms with Gasteiger partial charge >= 0.3 is 0 Å². The first-order chi connectivity index (χ1) is 13.9. The Morgan fingerprint density at radius 3 is 2.48 bits per heavy atom. The Labute approximate surface area is 176 Å². The molecule has 2 amide bonds. The summed E-state index contributed by atoms with van der Waals surface area (Å²) >= 11 is 0. The number of carbonyl (C=O) groups excluding carboxylic acids is 3. The molecule has 162 valence electrons. The molecule has 1 aromatic carbocycles. The summed E-state index contributed by atoms with van der Waals surface area (Å²) in [6.45, 7) is 5.10. The second-order valence-corrected chi connectivity index (χ2v) is 8.73. The maximum atomic E-state index is 13.0. The average Bonchev–Trinajstić information content (AvgIpc) is 2.70. The van der Waals surface area contributed by atoms with E-state index in [4.69, 9.17) is 5.73 Å². The number of Topliss-reactive ketones (excluding diaryl/α,β-unsaturated/α-hetero) is 1. The molecule has 1 heterocycles. The first-order valence-corrected chi connectivity index (χ1v) is 10.8. The van der Waals surface area contributed by atoms with Gasteiger partial charge in [0.2, 0.25) is 5.91 Å². The van der Waals surface area contributed by atoms with Crippen molar-refractivity contribution in [2.45, 2.75) is 57.9 Å². The van der Waals surface area contributed by atoms with Crippen LogP contribution in [0.5, 0.6) is 0 Å². The molecule has 1 saturated carbocycles. The number of nitrogens with one attached hydrogen (secondary N) is 1. The van der Waals surface area contributed by atoms with E-state index in [0.29, 0.717) is 18.7 Å². The first kappa shape index (κ1) is 21.5. The zero-order chi connectivity index (χ0) is 21.0. The molecule has 0 unspecified atom stereocenters. The highest BCUT2D eigenvalue weighted by Crippen LogP contribution is 2.29. The molecular weight excluding hydrogens is 366 g/mol. The Balaban J connectivity index is 0.00000240. The van der Waals surface area contributed by atoms with Gasteiger partial charge in [-0.3, -0.25) is 14.4 Å². The summed E-state index contributed by atoms with van der Waals surface area (Å²) in [5, 5.41) is 3.05. The summed E-state index contributed by atoms with van der Waals surface area (Å²) in [6.07, 6.45) is 5.45. The quantitative estimate of drug-likeness (QED) is 0.732. The van der Waals surface area contributed by atoms with Gasteiger partial charge in [-0.1, -0.05) is 45.2 Å². The molecule has 0 radical (unpaired) electrons. The van der Waals surface area contributed by atoms with Gasteiger partial charge in [0.15, 0.2) is 5.78 Å². The van der Waals surface area contributed by atoms with Crippen LogP contribution in [-0.4, -0.2) is 48.2 Å². The van der Waals surface area contributed by atoms with E-state index in [9.17, 15) is 14.4 Å². The van der Waals surface area contributed by atoms with Crippen LogP contribution in [0.4, 0.5) is 0 Å². The van der Waals surface area contributed by atoms with Gasteiger partial charge in [0.05, 0.1) is 12.6 Å². The molecule has 2 aliphatic rings. The maximum absolute atomic E-state index is 13.0. The third-order valence-electron chi connectivity index (χ3n) is 6.31. The Morgan fingerprint density at radius 1 is 1.17 bits per heavy atom. The zero-order valence-corrected chi connectivity index (χ0v) is 17.5. The Bertz CT molecular complexity index is 760. The number of likely N-dealkylation sites (tertiary alicyclic amines) is 1. The average molecular weight is 404 g/mol. The highest BCUT2D eigenvalue weighted by atomic mass is 16.2. The summed E-state index contributed by atoms with van der Waals surface area (Å²) in [7, 11) is 0. The number of ketones is 1. The number of carbonyl (C=O) groups is 3. The van der Waals surface area contributed by atoms with Crippen molar-refractivity contribution in [1.29, 1.82) is 0 Å². The van der Waals surface area contributed by atoms with E-state index in [1.807, 2.05) is 32.0 Å². The summed E-state index contributed by atoms with van der Waals surface area (Å²) in [6, 6.07) is 7.13. The van der Waals surface area contributed by atoms with E-state index in [1.54, 1.807) is 11.0 Å². The molecule has 0 bridgehead atoms. The fourth-order valence-corrected chi connectivity index (χ4v) is 4.43. The first-order valence-electron chi connectivity index (χ1n) is 10.8. The van der Waals surface area contributed by atoms with Gasteiger partial charge in [0, 0.05) is 33.3 Å². The van der Waals surface area contributed by atoms with Gasteiger partial charge in [-0.15, -0.1) is 0 Å². The lowest BCUT2D eigenvalue weighted by Gasteiger charge is -2.39. The summed E-state index contributed by atoms with van der Waals surface area (Å²) in [4.78, 5) is 39.2. The zero-order valence-electron chi connectivity index (χ0n) is 17.5. The number of rotatable bonds is 7. The monoisotopic (exact) mass is 403 g/mol. The van der Waals surface area contributed by atoms with E-state index in [0.717, 1.165) is 31.2 Å². The minimum Gasteiger partial charge on any atom is -0.342 e. The molecule has 3 rings (SSSR count). The van der Waals surface area contributed by atoms with Crippen molar-refractivity contribution in [3.63, 3.8) is 0 Å². The summed E-state index contributed by atoms with van der Waals surface area (Å²) in [5.74, 6) is 0.243. The van der Waals surface area contributed by atoms with E-state index < -0.39 is 6.04 Å². The molecule has 1 aliphatic heterocycles. The van der Waals surface area contributed by atoms with Gasteiger partial charge in [-0.25, -0.2) is 0 Å². The van der Waals surface area contributed by atoms with Crippen LogP contribution >= 0.6 is 0 Å². The smallest absolute Gasteiger partial charge is 0.251 e. The van der Waals surface area contributed by atoms with E-state index in [1.165, 1.54) is 6.42 Å². The molecule has 1 saturated heterocycles. The molecule has 2 fully saturated rings. The van der Waals surface area contributed by atoms with Crippen LogP contribution in [-0.2, 0) is 9.59 Å². The molecular formula is C23H37N3O3. The molecule has 6 nitrogen and oxygen atoms in total. The van der Waals surface area contributed by atoms with Crippen LogP contribution in [0, 0.1) is 11.8 Å². The van der Waals surface area contributed by atoms with Gasteiger partial charge in [0.1, 0.15) is 0 Å². The van der Waals surface area contributed by atoms with Crippen LogP contribution in [0.1, 0.15) is 70.6 Å². The lowest BCUT2D eigenvalue weighted by molar-refractivity contribution is -0.134. The Hall–Kier alpha value is -2.21. The van der Waals surface area contributed by atoms with Crippen molar-refractivity contribution in [2.24, 2.45) is 17.6 Å². The largest absolute Gasteiger partial charge is 0.342 e. The molecule has 29 heavy (non-hydrogen) atoms. The number of benzene rings is 1. The van der Waals surface area contributed by atoms with Gasteiger partial charge < -0.3 is 16.0 Å². The number of nitrogens with two attached hydrogens (primary N) is 1. The summed E-state index contributed by atoms with van der Waals surface area (Å²) < 4.78 is 0. The molecule has 3 N–H and O–H groups in total. The fourth-order valence-electron chi connectivity index (χ4n) is 4.43. The third-order valence-corrected chi connectivity index (χ3v) is 6.31.